The van der Waals surface area contributed by atoms with Gasteiger partial charge < -0.3 is 25.2 Å². The number of carbonyl (C=O) groups is 2. The second-order valence-corrected chi connectivity index (χ2v) is 8.85. The lowest BCUT2D eigenvalue weighted by Crippen LogP contribution is -2.33. The van der Waals surface area contributed by atoms with Crippen LogP contribution in [0.4, 0.5) is 4.79 Å². The summed E-state index contributed by atoms with van der Waals surface area (Å²) in [6, 6.07) is 0. The van der Waals surface area contributed by atoms with Crippen molar-refractivity contribution in [2.45, 2.75) is 64.4 Å². The first-order valence-corrected chi connectivity index (χ1v) is 11.3. The zero-order valence-corrected chi connectivity index (χ0v) is 19.8. The molecule has 11 nitrogen and oxygen atoms in total. The highest BCUT2D eigenvalue weighted by atomic mass is 16.6. The summed E-state index contributed by atoms with van der Waals surface area (Å²) in [5.74, 6) is -0.360. The predicted molar refractivity (Wildman–Crippen MR) is 126 cm³/mol. The number of aliphatic hydroxyl groups excluding tert-OH is 1. The second kappa shape index (κ2) is 12.9. The highest BCUT2D eigenvalue weighted by Gasteiger charge is 2.21. The Bertz CT molecular complexity index is 1000. The van der Waals surface area contributed by atoms with Gasteiger partial charge in [-0.1, -0.05) is 18.9 Å². The van der Waals surface area contributed by atoms with Gasteiger partial charge in [0.1, 0.15) is 11.7 Å². The molecule has 0 fully saturated rings. The van der Waals surface area contributed by atoms with Crippen molar-refractivity contribution in [3.8, 4) is 0 Å². The number of aromatic nitrogens is 2. The van der Waals surface area contributed by atoms with Crippen LogP contribution in [-0.2, 0) is 14.3 Å². The molecule has 188 valence electrons. The van der Waals surface area contributed by atoms with Gasteiger partial charge in [0.15, 0.2) is 6.23 Å². The number of aromatic amines is 1. The molecule has 0 spiro atoms. The van der Waals surface area contributed by atoms with Gasteiger partial charge in [-0.3, -0.25) is 19.1 Å². The lowest BCUT2D eigenvalue weighted by atomic mass is 10.2. The van der Waals surface area contributed by atoms with Crippen molar-refractivity contribution >= 4 is 18.1 Å². The smallest absolute Gasteiger partial charge is 0.407 e. The molecule has 0 radical (unpaired) electrons. The molecule has 11 heteroatoms. The van der Waals surface area contributed by atoms with Gasteiger partial charge in [-0.05, 0) is 45.8 Å². The van der Waals surface area contributed by atoms with Crippen LogP contribution in [0.1, 0.15) is 58.2 Å². The quantitative estimate of drug-likeness (QED) is 0.212. The number of hydrogen-bond acceptors (Lipinski definition) is 7. The molecule has 2 atom stereocenters. The Morgan fingerprint density at radius 1 is 1.15 bits per heavy atom. The molecule has 34 heavy (non-hydrogen) atoms. The van der Waals surface area contributed by atoms with Crippen molar-refractivity contribution in [2.24, 2.45) is 0 Å². The van der Waals surface area contributed by atoms with Gasteiger partial charge >= 0.3 is 11.8 Å². The lowest BCUT2D eigenvalue weighted by Gasteiger charge is -2.19. The molecular weight excluding hydrogens is 444 g/mol. The number of ether oxygens (including phenoxy) is 2. The third-order valence-corrected chi connectivity index (χ3v) is 4.74. The monoisotopic (exact) mass is 478 g/mol. The number of alkyl carbamates (subject to hydrolysis) is 1. The Morgan fingerprint density at radius 3 is 2.44 bits per heavy atom. The number of nitrogens with one attached hydrogen (secondary N) is 3. The van der Waals surface area contributed by atoms with Crippen LogP contribution in [0.25, 0.3) is 6.08 Å². The summed E-state index contributed by atoms with van der Waals surface area (Å²) in [6.07, 6.45) is 8.77. The van der Waals surface area contributed by atoms with Crippen molar-refractivity contribution < 1.29 is 24.2 Å². The van der Waals surface area contributed by atoms with Crippen molar-refractivity contribution in [2.75, 3.05) is 19.7 Å². The van der Waals surface area contributed by atoms with Crippen molar-refractivity contribution in [3.05, 3.63) is 50.8 Å². The third-order valence-electron chi connectivity index (χ3n) is 4.74. The van der Waals surface area contributed by atoms with Gasteiger partial charge in [0, 0.05) is 25.4 Å². The van der Waals surface area contributed by atoms with Gasteiger partial charge in [-0.25, -0.2) is 9.59 Å². The number of amides is 2. The topological polar surface area (TPSA) is 152 Å². The van der Waals surface area contributed by atoms with Crippen LogP contribution >= 0.6 is 0 Å². The Morgan fingerprint density at radius 2 is 1.82 bits per heavy atom. The minimum Gasteiger partial charge on any atom is -0.444 e. The molecule has 0 aromatic carbocycles. The summed E-state index contributed by atoms with van der Waals surface area (Å²) in [6.45, 7) is 6.21. The summed E-state index contributed by atoms with van der Waals surface area (Å²) in [5.41, 5.74) is -1.67. The van der Waals surface area contributed by atoms with E-state index in [9.17, 15) is 19.2 Å². The molecule has 1 aromatic rings. The van der Waals surface area contributed by atoms with Crippen LogP contribution in [0.3, 0.4) is 0 Å². The fourth-order valence-electron chi connectivity index (χ4n) is 3.10. The summed E-state index contributed by atoms with van der Waals surface area (Å²) >= 11 is 0. The maximum Gasteiger partial charge on any atom is 0.407 e. The molecule has 2 unspecified atom stereocenters. The molecular formula is C23H34N4O7. The molecule has 2 amide bonds. The number of hydrogen-bond donors (Lipinski definition) is 4. The minimum atomic E-state index is -0.748. The number of nitrogens with zero attached hydrogens (tertiary/aromatic N) is 1. The van der Waals surface area contributed by atoms with E-state index < -0.39 is 35.3 Å². The molecule has 1 aliphatic rings. The van der Waals surface area contributed by atoms with Crippen molar-refractivity contribution in [1.82, 2.24) is 20.2 Å². The van der Waals surface area contributed by atoms with Gasteiger partial charge in [0.2, 0.25) is 5.91 Å². The fourth-order valence-corrected chi connectivity index (χ4v) is 3.10. The number of unbranched alkanes of at least 4 members (excludes halogenated alkanes) is 3. The Labute approximate surface area is 197 Å². The molecule has 4 N–H and O–H groups in total. The zero-order chi connectivity index (χ0) is 25.1. The van der Waals surface area contributed by atoms with Crippen LogP contribution in [0.5, 0.6) is 0 Å². The second-order valence-electron chi connectivity index (χ2n) is 8.85. The number of H-pyrrole nitrogens is 1. The number of carbonyl (C=O) groups excluding carboxylic acids is 2. The minimum absolute atomic E-state index is 0.122. The molecule has 0 aliphatic carbocycles. The summed E-state index contributed by atoms with van der Waals surface area (Å²) in [5, 5.41) is 14.6. The summed E-state index contributed by atoms with van der Waals surface area (Å²) < 4.78 is 11.8. The van der Waals surface area contributed by atoms with Crippen LogP contribution in [0.2, 0.25) is 0 Å². The Hall–Kier alpha value is -3.18. The summed E-state index contributed by atoms with van der Waals surface area (Å²) in [7, 11) is 0. The Kier molecular flexibility index (Phi) is 10.3. The molecule has 2 rings (SSSR count). The maximum atomic E-state index is 12.1. The average Bonchev–Trinajstić information content (AvgIpc) is 3.22. The van der Waals surface area contributed by atoms with Crippen LogP contribution in [0, 0.1) is 0 Å². The van der Waals surface area contributed by atoms with Crippen LogP contribution < -0.4 is 21.9 Å². The first-order valence-electron chi connectivity index (χ1n) is 11.3. The van der Waals surface area contributed by atoms with Crippen molar-refractivity contribution in [3.63, 3.8) is 0 Å². The van der Waals surface area contributed by atoms with E-state index in [1.807, 2.05) is 20.8 Å². The molecule has 0 saturated heterocycles. The van der Waals surface area contributed by atoms with Gasteiger partial charge in [-0.15, -0.1) is 0 Å². The zero-order valence-electron chi connectivity index (χ0n) is 19.8. The lowest BCUT2D eigenvalue weighted by molar-refractivity contribution is -0.116. The third kappa shape index (κ3) is 9.36. The first kappa shape index (κ1) is 27.1. The predicted octanol–water partition coefficient (Wildman–Crippen LogP) is 1.20. The van der Waals surface area contributed by atoms with Crippen molar-refractivity contribution in [1.29, 1.82) is 0 Å². The summed E-state index contributed by atoms with van der Waals surface area (Å²) in [4.78, 5) is 49.9. The number of aliphatic hydroxyl groups is 1. The normalized spacial score (nSPS) is 17.8. The largest absolute Gasteiger partial charge is 0.444 e. The van der Waals surface area contributed by atoms with E-state index in [1.54, 1.807) is 12.2 Å². The van der Waals surface area contributed by atoms with Crippen LogP contribution in [0.15, 0.2) is 34.0 Å². The standard InChI is InChI=1S/C23H34N4O7/c1-23(2,3)34-22(32)25-13-7-5-4-6-12-24-18(29)10-8-16-14-27(21(31)26-20(16)30)19-11-9-17(15-28)33-19/h8-11,14,17,19,28H,4-7,12-13,15H2,1-3H3,(H,24,29)(H,25,32)(H,26,30,31)/b10-8+. The van der Waals surface area contributed by atoms with Gasteiger partial charge in [-0.2, -0.15) is 0 Å². The number of rotatable bonds is 11. The molecule has 0 saturated carbocycles. The van der Waals surface area contributed by atoms with E-state index in [0.717, 1.165) is 25.7 Å². The molecule has 0 bridgehead atoms. The molecule has 1 aromatic heterocycles. The van der Waals surface area contributed by atoms with E-state index in [1.165, 1.54) is 22.9 Å². The van der Waals surface area contributed by atoms with E-state index >= 15 is 0 Å². The molecule has 2 heterocycles. The average molecular weight is 479 g/mol. The molecule has 1 aliphatic heterocycles. The Balaban J connectivity index is 1.70. The van der Waals surface area contributed by atoms with E-state index in [4.69, 9.17) is 14.6 Å². The van der Waals surface area contributed by atoms with E-state index in [2.05, 4.69) is 15.6 Å². The highest BCUT2D eigenvalue weighted by Crippen LogP contribution is 2.19. The van der Waals surface area contributed by atoms with Crippen LogP contribution in [-0.4, -0.2) is 58.1 Å². The van der Waals surface area contributed by atoms with Gasteiger partial charge in [0.25, 0.3) is 5.56 Å². The highest BCUT2D eigenvalue weighted by molar-refractivity contribution is 5.91. The first-order chi connectivity index (χ1) is 16.1. The fraction of sp³-hybridized carbons (Fsp3) is 0.565. The van der Waals surface area contributed by atoms with Gasteiger partial charge in [0.05, 0.1) is 12.2 Å². The maximum absolute atomic E-state index is 12.1. The van der Waals surface area contributed by atoms with E-state index in [-0.39, 0.29) is 18.1 Å². The van der Waals surface area contributed by atoms with E-state index in [0.29, 0.717) is 13.1 Å². The SMILES string of the molecule is CC(C)(C)OC(=O)NCCCCCCNC(=O)/C=C/c1cn(C2C=CC(CO)O2)c(=O)[nH]c1=O.